The van der Waals surface area contributed by atoms with Gasteiger partial charge in [-0.3, -0.25) is 9.35 Å². The molecular formula is C30H45NO5S. The lowest BCUT2D eigenvalue weighted by molar-refractivity contribution is 0.106. The summed E-state index contributed by atoms with van der Waals surface area (Å²) < 4.78 is 29.6. The average molecular weight is 532 g/mol. The molecule has 0 aromatic heterocycles. The van der Waals surface area contributed by atoms with Gasteiger partial charge >= 0.3 is 0 Å². The van der Waals surface area contributed by atoms with Crippen LogP contribution in [0.1, 0.15) is 113 Å². The van der Waals surface area contributed by atoms with Crippen molar-refractivity contribution in [1.82, 2.24) is 0 Å². The molecule has 7 heteroatoms. The summed E-state index contributed by atoms with van der Waals surface area (Å²) >= 11 is 0. The molecule has 0 saturated heterocycles. The Morgan fingerprint density at radius 1 is 0.649 bits per heavy atom. The highest BCUT2D eigenvalue weighted by molar-refractivity contribution is 7.85. The van der Waals surface area contributed by atoms with Crippen LogP contribution < -0.4 is 0 Å². The maximum absolute atomic E-state index is 12.1. The van der Waals surface area contributed by atoms with E-state index in [0.717, 1.165) is 12.8 Å². The Labute approximate surface area is 223 Å². The minimum Gasteiger partial charge on any atom is -0.410 e. The molecule has 0 aliphatic heterocycles. The van der Waals surface area contributed by atoms with E-state index in [4.69, 9.17) is 9.76 Å². The van der Waals surface area contributed by atoms with Crippen LogP contribution in [0, 0.1) is 0 Å². The minimum atomic E-state index is -3.74. The Morgan fingerprint density at radius 3 is 1.41 bits per heavy atom. The Bertz CT molecular complexity index is 976. The molecule has 0 radical (unpaired) electrons. The second-order valence-corrected chi connectivity index (χ2v) is 11.0. The summed E-state index contributed by atoms with van der Waals surface area (Å²) in [6.45, 7) is 2.25. The molecule has 6 nitrogen and oxygen atoms in total. The molecule has 0 aliphatic rings. The fraction of sp³-hybridized carbons (Fsp3) is 0.533. The first-order chi connectivity index (χ1) is 17.9. The maximum Gasteiger partial charge on any atom is 0.264 e. The largest absolute Gasteiger partial charge is 0.410 e. The number of carbonyl (C=O) groups is 1. The van der Waals surface area contributed by atoms with Crippen LogP contribution in [0.5, 0.6) is 0 Å². The van der Waals surface area contributed by atoms with Crippen LogP contribution >= 0.6 is 0 Å². The third-order valence-corrected chi connectivity index (χ3v) is 6.96. The molecular weight excluding hydrogens is 486 g/mol. The van der Waals surface area contributed by atoms with Gasteiger partial charge in [0.1, 0.15) is 0 Å². The zero-order valence-corrected chi connectivity index (χ0v) is 23.2. The predicted octanol–water partition coefficient (Wildman–Crippen LogP) is 8.10. The second-order valence-electron chi connectivity index (χ2n) is 9.39. The third kappa shape index (κ3) is 16.8. The van der Waals surface area contributed by atoms with E-state index in [1.54, 1.807) is 48.5 Å². The van der Waals surface area contributed by atoms with Crippen LogP contribution in [0.3, 0.4) is 0 Å². The van der Waals surface area contributed by atoms with Crippen molar-refractivity contribution >= 4 is 21.6 Å². The molecule has 2 N–H and O–H groups in total. The predicted molar refractivity (Wildman–Crippen MR) is 152 cm³/mol. The first-order valence-electron chi connectivity index (χ1n) is 13.7. The molecule has 0 heterocycles. The van der Waals surface area contributed by atoms with Crippen molar-refractivity contribution in [2.24, 2.45) is 5.16 Å². The van der Waals surface area contributed by atoms with Crippen LogP contribution in [0.2, 0.25) is 0 Å². The number of rotatable bonds is 18. The van der Waals surface area contributed by atoms with Gasteiger partial charge in [-0.2, -0.15) is 8.42 Å². The summed E-state index contributed by atoms with van der Waals surface area (Å²) in [5, 5.41) is 12.1. The summed E-state index contributed by atoms with van der Waals surface area (Å²) in [7, 11) is -3.74. The molecule has 2 aromatic carbocycles. The number of hydrogen-bond acceptors (Lipinski definition) is 5. The smallest absolute Gasteiger partial charge is 0.264 e. The topological polar surface area (TPSA) is 104 Å². The molecule has 0 bridgehead atoms. The van der Waals surface area contributed by atoms with E-state index in [2.05, 4.69) is 12.1 Å². The zero-order valence-electron chi connectivity index (χ0n) is 22.4. The molecule has 0 fully saturated rings. The van der Waals surface area contributed by atoms with Gasteiger partial charge in [0, 0.05) is 11.1 Å². The number of oxime groups is 1. The SMILES string of the molecule is CCCCCCCCCCCCCCCCS(=O)(=O)O.O=C(C(=NO)c1ccccc1)c1ccccc1. The second kappa shape index (κ2) is 20.5. The molecule has 37 heavy (non-hydrogen) atoms. The maximum atomic E-state index is 12.1. The average Bonchev–Trinajstić information content (AvgIpc) is 2.90. The molecule has 2 rings (SSSR count). The van der Waals surface area contributed by atoms with Crippen molar-refractivity contribution < 1.29 is 23.0 Å². The first-order valence-corrected chi connectivity index (χ1v) is 15.3. The molecule has 0 spiro atoms. The van der Waals surface area contributed by atoms with Crippen molar-refractivity contribution in [1.29, 1.82) is 0 Å². The van der Waals surface area contributed by atoms with E-state index in [0.29, 0.717) is 17.5 Å². The fourth-order valence-corrected chi connectivity index (χ4v) is 4.60. The number of hydrogen-bond donors (Lipinski definition) is 2. The standard InChI is InChI=1S/C16H34O3S.C14H11NO2/c1-2-3-4-5-6-7-8-9-10-11-12-13-14-15-16-20(17,18)19;16-14(12-9-5-2-6-10-12)13(15-17)11-7-3-1-4-8-11/h2-16H2,1H3,(H,17,18,19);1-10,17H. The molecule has 206 valence electrons. The molecule has 0 unspecified atom stereocenters. The number of carbonyl (C=O) groups excluding carboxylic acids is 1. The fourth-order valence-electron chi connectivity index (χ4n) is 4.04. The van der Waals surface area contributed by atoms with Crippen LogP contribution in [0.15, 0.2) is 65.8 Å². The Kier molecular flexibility index (Phi) is 18.0. The van der Waals surface area contributed by atoms with Crippen LogP contribution in [-0.2, 0) is 10.1 Å². The number of Topliss-reactive ketones (excluding diaryl/α,β-unsaturated/α-hetero) is 1. The highest BCUT2D eigenvalue weighted by Gasteiger charge is 2.16. The number of benzene rings is 2. The number of unbranched alkanes of at least 4 members (excludes halogenated alkanes) is 13. The molecule has 2 aromatic rings. The van der Waals surface area contributed by atoms with Crippen molar-refractivity contribution in [2.75, 3.05) is 5.75 Å². The van der Waals surface area contributed by atoms with Gasteiger partial charge in [0.05, 0.1) is 5.75 Å². The highest BCUT2D eigenvalue weighted by atomic mass is 32.2. The highest BCUT2D eigenvalue weighted by Crippen LogP contribution is 2.13. The van der Waals surface area contributed by atoms with E-state index < -0.39 is 10.1 Å². The van der Waals surface area contributed by atoms with Crippen LogP contribution in [0.4, 0.5) is 0 Å². The van der Waals surface area contributed by atoms with E-state index in [1.165, 1.54) is 70.6 Å². The van der Waals surface area contributed by atoms with Crippen LogP contribution in [-0.4, -0.2) is 35.4 Å². The molecule has 0 atom stereocenters. The van der Waals surface area contributed by atoms with E-state index in [9.17, 15) is 13.2 Å². The Morgan fingerprint density at radius 2 is 1.03 bits per heavy atom. The van der Waals surface area contributed by atoms with Gasteiger partial charge in [0.2, 0.25) is 5.78 Å². The first kappa shape index (κ1) is 32.5. The van der Waals surface area contributed by atoms with Gasteiger partial charge < -0.3 is 5.21 Å². The van der Waals surface area contributed by atoms with Gasteiger partial charge in [-0.1, -0.05) is 156 Å². The number of ketones is 1. The van der Waals surface area contributed by atoms with Crippen molar-refractivity contribution in [3.05, 3.63) is 71.8 Å². The molecule has 0 aliphatic carbocycles. The van der Waals surface area contributed by atoms with E-state index in [1.807, 2.05) is 12.1 Å². The lowest BCUT2D eigenvalue weighted by Gasteiger charge is -2.03. The molecule has 0 amide bonds. The summed E-state index contributed by atoms with van der Waals surface area (Å²) in [6, 6.07) is 17.6. The van der Waals surface area contributed by atoms with E-state index >= 15 is 0 Å². The van der Waals surface area contributed by atoms with Gasteiger partial charge in [0.25, 0.3) is 10.1 Å². The van der Waals surface area contributed by atoms with Gasteiger partial charge in [-0.15, -0.1) is 0 Å². The van der Waals surface area contributed by atoms with Crippen LogP contribution in [0.25, 0.3) is 0 Å². The zero-order chi connectivity index (χ0) is 27.2. The monoisotopic (exact) mass is 531 g/mol. The third-order valence-electron chi connectivity index (χ3n) is 6.15. The lowest BCUT2D eigenvalue weighted by Crippen LogP contribution is -2.15. The van der Waals surface area contributed by atoms with Crippen molar-refractivity contribution in [3.8, 4) is 0 Å². The normalized spacial score (nSPS) is 11.6. The summed E-state index contributed by atoms with van der Waals surface area (Å²) in [4.78, 5) is 12.1. The van der Waals surface area contributed by atoms with Gasteiger partial charge in [-0.25, -0.2) is 0 Å². The lowest BCUT2D eigenvalue weighted by atomic mass is 10.0. The van der Waals surface area contributed by atoms with Gasteiger partial charge in [-0.05, 0) is 6.42 Å². The minimum absolute atomic E-state index is 0.0526. The Balaban J connectivity index is 0.000000373. The van der Waals surface area contributed by atoms with E-state index in [-0.39, 0.29) is 17.2 Å². The Hall–Kier alpha value is -2.51. The summed E-state index contributed by atoms with van der Waals surface area (Å²) in [5.41, 5.74) is 1.16. The summed E-state index contributed by atoms with van der Waals surface area (Å²) in [5.74, 6) is -0.371. The van der Waals surface area contributed by atoms with Gasteiger partial charge in [0.15, 0.2) is 5.71 Å². The molecule has 0 saturated carbocycles. The van der Waals surface area contributed by atoms with Crippen molar-refractivity contribution in [2.45, 2.75) is 96.8 Å². The van der Waals surface area contributed by atoms with Crippen molar-refractivity contribution in [3.63, 3.8) is 0 Å². The number of nitrogens with zero attached hydrogens (tertiary/aromatic N) is 1. The quantitative estimate of drug-likeness (QED) is 0.0505. The summed E-state index contributed by atoms with van der Waals surface area (Å²) in [6.07, 6.45) is 17.4.